The lowest BCUT2D eigenvalue weighted by molar-refractivity contribution is -0.148. The highest BCUT2D eigenvalue weighted by Crippen LogP contribution is 2.32. The van der Waals surface area contributed by atoms with E-state index in [4.69, 9.17) is 4.74 Å². The molecule has 0 aliphatic rings. The maximum absolute atomic E-state index is 12.0. The minimum atomic E-state index is -0.776. The summed E-state index contributed by atoms with van der Waals surface area (Å²) < 4.78 is 5.08. The highest BCUT2D eigenvalue weighted by molar-refractivity contribution is 7.13. The Kier molecular flexibility index (Phi) is 4.09. The molecule has 106 valence electrons. The Morgan fingerprint density at radius 2 is 2.20 bits per heavy atom. The van der Waals surface area contributed by atoms with Crippen LogP contribution < -0.4 is 0 Å². The molecule has 0 spiro atoms. The van der Waals surface area contributed by atoms with E-state index in [1.807, 2.05) is 11.4 Å². The molecule has 4 nitrogen and oxygen atoms in total. The molecule has 1 N–H and O–H groups in total. The van der Waals surface area contributed by atoms with E-state index in [-0.39, 0.29) is 11.7 Å². The lowest BCUT2D eigenvalue weighted by Gasteiger charge is -2.19. The van der Waals surface area contributed by atoms with Crippen molar-refractivity contribution in [1.82, 2.24) is 4.98 Å². The Balaban J connectivity index is 2.31. The highest BCUT2D eigenvalue weighted by atomic mass is 32.1. The first-order valence-electron chi connectivity index (χ1n) is 6.37. The van der Waals surface area contributed by atoms with E-state index < -0.39 is 5.41 Å². The Labute approximate surface area is 122 Å². The van der Waals surface area contributed by atoms with Gasteiger partial charge in [0.15, 0.2) is 0 Å². The predicted molar refractivity (Wildman–Crippen MR) is 78.9 cm³/mol. The van der Waals surface area contributed by atoms with Crippen LogP contribution in [0.1, 0.15) is 26.5 Å². The summed E-state index contributed by atoms with van der Waals surface area (Å²) in [5, 5.41) is 12.1. The minimum absolute atomic E-state index is 0.198. The summed E-state index contributed by atoms with van der Waals surface area (Å²) >= 11 is 1.44. The Morgan fingerprint density at radius 3 is 2.85 bits per heavy atom. The van der Waals surface area contributed by atoms with E-state index in [1.165, 1.54) is 11.3 Å². The molecule has 1 heterocycles. The lowest BCUT2D eigenvalue weighted by Crippen LogP contribution is -2.31. The van der Waals surface area contributed by atoms with Crippen molar-refractivity contribution in [2.75, 3.05) is 6.61 Å². The van der Waals surface area contributed by atoms with E-state index >= 15 is 0 Å². The standard InChI is InChI=1S/C15H17NO3S/c1-4-19-14(18)15(2,3)12-9-20-13(16-12)10-6-5-7-11(17)8-10/h5-9,17H,4H2,1-3H3. The minimum Gasteiger partial charge on any atom is -0.508 e. The van der Waals surface area contributed by atoms with Crippen molar-refractivity contribution in [2.45, 2.75) is 26.2 Å². The molecule has 20 heavy (non-hydrogen) atoms. The number of hydrogen-bond acceptors (Lipinski definition) is 5. The number of ether oxygens (including phenoxy) is 1. The van der Waals surface area contributed by atoms with E-state index in [0.29, 0.717) is 12.3 Å². The van der Waals surface area contributed by atoms with Crippen molar-refractivity contribution in [1.29, 1.82) is 0 Å². The van der Waals surface area contributed by atoms with Gasteiger partial charge in [-0.1, -0.05) is 12.1 Å². The zero-order valence-corrected chi connectivity index (χ0v) is 12.5. The molecule has 0 bridgehead atoms. The van der Waals surface area contributed by atoms with Crippen molar-refractivity contribution in [3.8, 4) is 16.3 Å². The number of hydrogen-bond donors (Lipinski definition) is 1. The summed E-state index contributed by atoms with van der Waals surface area (Å²) in [5.74, 6) is -0.0864. The molecule has 2 rings (SSSR count). The Hall–Kier alpha value is -1.88. The van der Waals surface area contributed by atoms with Gasteiger partial charge in [-0.2, -0.15) is 0 Å². The van der Waals surface area contributed by atoms with Crippen LogP contribution in [0.2, 0.25) is 0 Å². The van der Waals surface area contributed by atoms with Gasteiger partial charge in [0, 0.05) is 10.9 Å². The van der Waals surface area contributed by atoms with Gasteiger partial charge in [0.25, 0.3) is 0 Å². The molecule has 5 heteroatoms. The molecule has 0 atom stereocenters. The van der Waals surface area contributed by atoms with Crippen LogP contribution in [0.3, 0.4) is 0 Å². The second-order valence-electron chi connectivity index (χ2n) is 4.93. The fourth-order valence-electron chi connectivity index (χ4n) is 1.75. The smallest absolute Gasteiger partial charge is 0.317 e. The van der Waals surface area contributed by atoms with Crippen molar-refractivity contribution in [2.24, 2.45) is 0 Å². The van der Waals surface area contributed by atoms with E-state index in [0.717, 1.165) is 10.6 Å². The van der Waals surface area contributed by atoms with Crippen molar-refractivity contribution < 1.29 is 14.6 Å². The van der Waals surface area contributed by atoms with Gasteiger partial charge in [-0.15, -0.1) is 11.3 Å². The summed E-state index contributed by atoms with van der Waals surface area (Å²) in [6.45, 7) is 5.73. The van der Waals surface area contributed by atoms with Crippen LogP contribution in [0.15, 0.2) is 29.6 Å². The number of aromatic hydroxyl groups is 1. The number of phenolic OH excluding ortho intramolecular Hbond substituents is 1. The van der Waals surface area contributed by atoms with Gasteiger partial charge in [0.2, 0.25) is 0 Å². The Morgan fingerprint density at radius 1 is 1.45 bits per heavy atom. The topological polar surface area (TPSA) is 59.4 Å². The molecule has 1 aromatic carbocycles. The normalized spacial score (nSPS) is 11.3. The molecule has 0 aliphatic heterocycles. The van der Waals surface area contributed by atoms with Crippen molar-refractivity contribution in [3.05, 3.63) is 35.3 Å². The molecule has 0 radical (unpaired) electrons. The quantitative estimate of drug-likeness (QED) is 0.878. The van der Waals surface area contributed by atoms with Crippen LogP contribution in [0.25, 0.3) is 10.6 Å². The van der Waals surface area contributed by atoms with E-state index in [9.17, 15) is 9.90 Å². The molecule has 0 amide bonds. The first kappa shape index (κ1) is 14.5. The molecule has 2 aromatic rings. The molecule has 0 fully saturated rings. The van der Waals surface area contributed by atoms with Crippen LogP contribution in [0.5, 0.6) is 5.75 Å². The van der Waals surface area contributed by atoms with Gasteiger partial charge in [-0.25, -0.2) is 4.98 Å². The third-order valence-corrected chi connectivity index (χ3v) is 3.91. The Bertz CT molecular complexity index is 619. The van der Waals surface area contributed by atoms with Crippen LogP contribution in [-0.4, -0.2) is 22.7 Å². The summed E-state index contributed by atoms with van der Waals surface area (Å²) in [7, 11) is 0. The van der Waals surface area contributed by atoms with Gasteiger partial charge in [-0.3, -0.25) is 4.79 Å². The van der Waals surface area contributed by atoms with Crippen LogP contribution in [-0.2, 0) is 14.9 Å². The first-order chi connectivity index (χ1) is 9.45. The predicted octanol–water partition coefficient (Wildman–Crippen LogP) is 3.36. The van der Waals surface area contributed by atoms with E-state index in [1.54, 1.807) is 39.0 Å². The molecular weight excluding hydrogens is 274 g/mol. The second-order valence-corrected chi connectivity index (χ2v) is 5.79. The SMILES string of the molecule is CCOC(=O)C(C)(C)c1csc(-c2cccc(O)c2)n1. The second kappa shape index (κ2) is 5.63. The van der Waals surface area contributed by atoms with Gasteiger partial charge < -0.3 is 9.84 Å². The number of carbonyl (C=O) groups excluding carboxylic acids is 1. The largest absolute Gasteiger partial charge is 0.508 e. The molecule has 1 aromatic heterocycles. The fraction of sp³-hybridized carbons (Fsp3) is 0.333. The average molecular weight is 291 g/mol. The number of thiazole rings is 1. The zero-order valence-electron chi connectivity index (χ0n) is 11.7. The van der Waals surface area contributed by atoms with Crippen LogP contribution >= 0.6 is 11.3 Å². The molecular formula is C15H17NO3S. The van der Waals surface area contributed by atoms with Crippen molar-refractivity contribution in [3.63, 3.8) is 0 Å². The van der Waals surface area contributed by atoms with Crippen molar-refractivity contribution >= 4 is 17.3 Å². The van der Waals surface area contributed by atoms with Crippen LogP contribution in [0, 0.1) is 0 Å². The van der Waals surface area contributed by atoms with Gasteiger partial charge in [-0.05, 0) is 32.9 Å². The number of rotatable bonds is 4. The number of aromatic nitrogens is 1. The van der Waals surface area contributed by atoms with Crippen LogP contribution in [0.4, 0.5) is 0 Å². The molecule has 0 unspecified atom stereocenters. The van der Waals surface area contributed by atoms with Gasteiger partial charge in [0.05, 0.1) is 12.3 Å². The number of phenols is 1. The third-order valence-electron chi connectivity index (χ3n) is 3.02. The molecule has 0 saturated heterocycles. The number of nitrogens with zero attached hydrogens (tertiary/aromatic N) is 1. The summed E-state index contributed by atoms with van der Waals surface area (Å²) in [6, 6.07) is 6.91. The highest BCUT2D eigenvalue weighted by Gasteiger charge is 2.33. The zero-order chi connectivity index (χ0) is 14.8. The summed E-state index contributed by atoms with van der Waals surface area (Å²) in [5.41, 5.74) is 0.738. The molecule has 0 aliphatic carbocycles. The summed E-state index contributed by atoms with van der Waals surface area (Å²) in [6.07, 6.45) is 0. The first-order valence-corrected chi connectivity index (χ1v) is 7.25. The number of esters is 1. The fourth-order valence-corrected chi connectivity index (χ4v) is 2.73. The molecule has 0 saturated carbocycles. The maximum Gasteiger partial charge on any atom is 0.317 e. The third kappa shape index (κ3) is 2.82. The van der Waals surface area contributed by atoms with E-state index in [2.05, 4.69) is 4.98 Å². The number of benzene rings is 1. The monoisotopic (exact) mass is 291 g/mol. The summed E-state index contributed by atoms with van der Waals surface area (Å²) in [4.78, 5) is 16.5. The maximum atomic E-state index is 12.0. The van der Waals surface area contributed by atoms with Gasteiger partial charge >= 0.3 is 5.97 Å². The average Bonchev–Trinajstić information content (AvgIpc) is 2.89. The lowest BCUT2D eigenvalue weighted by atomic mass is 9.90. The number of carbonyl (C=O) groups is 1. The van der Waals surface area contributed by atoms with Gasteiger partial charge in [0.1, 0.15) is 16.2 Å².